The highest BCUT2D eigenvalue weighted by Crippen LogP contribution is 2.36. The van der Waals surface area contributed by atoms with E-state index in [4.69, 9.17) is 0 Å². The number of nitrogens with zero attached hydrogens (tertiary/aromatic N) is 6. The van der Waals surface area contributed by atoms with Gasteiger partial charge in [0, 0.05) is 67.7 Å². The van der Waals surface area contributed by atoms with E-state index in [1.807, 2.05) is 30.6 Å². The van der Waals surface area contributed by atoms with E-state index in [0.717, 1.165) is 47.2 Å². The first-order valence-corrected chi connectivity index (χ1v) is 14.2. The van der Waals surface area contributed by atoms with Gasteiger partial charge in [-0.15, -0.1) is 0 Å². The van der Waals surface area contributed by atoms with E-state index < -0.39 is 10.0 Å². The average Bonchev–Trinajstić information content (AvgIpc) is 3.56. The molecule has 1 N–H and O–H groups in total. The Kier molecular flexibility index (Phi) is 5.66. The highest BCUT2D eigenvalue weighted by Gasteiger charge is 2.26. The maximum atomic E-state index is 13.1. The summed E-state index contributed by atoms with van der Waals surface area (Å²) in [6.45, 7) is 2.29. The molecule has 4 aromatic rings. The van der Waals surface area contributed by atoms with Crippen LogP contribution < -0.4 is 10.5 Å². The molecule has 2 aliphatic heterocycles. The number of piperidine rings is 1. The molecule has 0 radical (unpaired) electrons. The monoisotopic (exact) mass is 517 g/mol. The summed E-state index contributed by atoms with van der Waals surface area (Å²) in [6.07, 6.45) is 12.7. The number of anilines is 1. The van der Waals surface area contributed by atoms with Gasteiger partial charge in [0.05, 0.1) is 23.4 Å². The molecule has 190 valence electrons. The Labute approximate surface area is 214 Å². The van der Waals surface area contributed by atoms with E-state index >= 15 is 0 Å². The number of fused-ring (bicyclic) bond motifs is 2. The van der Waals surface area contributed by atoms with Gasteiger partial charge >= 0.3 is 0 Å². The first kappa shape index (κ1) is 23.5. The highest BCUT2D eigenvalue weighted by atomic mass is 32.2. The van der Waals surface area contributed by atoms with Crippen molar-refractivity contribution in [1.82, 2.24) is 23.2 Å². The van der Waals surface area contributed by atoms with E-state index in [0.29, 0.717) is 37.3 Å². The molecule has 2 aliphatic rings. The second kappa shape index (κ2) is 8.90. The second-order valence-corrected chi connectivity index (χ2v) is 11.7. The van der Waals surface area contributed by atoms with Crippen LogP contribution in [-0.4, -0.2) is 64.1 Å². The van der Waals surface area contributed by atoms with Crippen molar-refractivity contribution in [2.45, 2.75) is 25.3 Å². The highest BCUT2D eigenvalue weighted by molar-refractivity contribution is 7.88. The minimum Gasteiger partial charge on any atom is -0.369 e. The molecule has 0 spiro atoms. The molecular formula is C26H27N7O3S. The first-order chi connectivity index (χ1) is 17.8. The minimum atomic E-state index is -3.23. The quantitative estimate of drug-likeness (QED) is 0.445. The fourth-order valence-electron chi connectivity index (χ4n) is 5.56. The molecule has 37 heavy (non-hydrogen) atoms. The molecule has 1 aromatic carbocycles. The third-order valence-electron chi connectivity index (χ3n) is 7.49. The van der Waals surface area contributed by atoms with Gasteiger partial charge in [0.25, 0.3) is 5.56 Å². The van der Waals surface area contributed by atoms with Gasteiger partial charge < -0.3 is 18.9 Å². The summed E-state index contributed by atoms with van der Waals surface area (Å²) in [4.78, 5) is 23.0. The van der Waals surface area contributed by atoms with Crippen molar-refractivity contribution in [1.29, 1.82) is 5.26 Å². The number of nitriles is 1. The van der Waals surface area contributed by atoms with Gasteiger partial charge in [0.15, 0.2) is 0 Å². The molecule has 1 fully saturated rings. The van der Waals surface area contributed by atoms with Crippen LogP contribution in [0.4, 0.5) is 5.69 Å². The van der Waals surface area contributed by atoms with Crippen LogP contribution in [0, 0.1) is 11.3 Å². The zero-order valence-electron chi connectivity index (χ0n) is 20.5. The minimum absolute atomic E-state index is 0.00934. The molecule has 1 unspecified atom stereocenters. The summed E-state index contributed by atoms with van der Waals surface area (Å²) >= 11 is 0. The number of aromatic amines is 1. The number of rotatable bonds is 4. The normalized spacial score (nSPS) is 19.3. The van der Waals surface area contributed by atoms with Crippen molar-refractivity contribution < 1.29 is 8.42 Å². The molecular weight excluding hydrogens is 490 g/mol. The number of imidazole rings is 1. The number of aromatic nitrogens is 4. The van der Waals surface area contributed by atoms with Crippen molar-refractivity contribution in [3.8, 4) is 6.07 Å². The number of sulfonamides is 1. The topological polar surface area (TPSA) is 120 Å². The predicted octanol–water partition coefficient (Wildman–Crippen LogP) is 2.74. The fourth-order valence-corrected chi connectivity index (χ4v) is 6.32. The zero-order chi connectivity index (χ0) is 25.7. The summed E-state index contributed by atoms with van der Waals surface area (Å²) in [6, 6.07) is 8.19. The molecule has 5 heterocycles. The predicted molar refractivity (Wildman–Crippen MR) is 142 cm³/mol. The Morgan fingerprint density at radius 2 is 2.05 bits per heavy atom. The molecule has 0 saturated carbocycles. The average molecular weight is 518 g/mol. The summed E-state index contributed by atoms with van der Waals surface area (Å²) in [5.41, 5.74) is 4.63. The zero-order valence-corrected chi connectivity index (χ0v) is 21.3. The van der Waals surface area contributed by atoms with Gasteiger partial charge in [-0.25, -0.2) is 13.4 Å². The van der Waals surface area contributed by atoms with Crippen molar-refractivity contribution in [2.24, 2.45) is 0 Å². The summed E-state index contributed by atoms with van der Waals surface area (Å²) < 4.78 is 28.8. The Balaban J connectivity index is 1.35. The lowest BCUT2D eigenvalue weighted by Crippen LogP contribution is -2.40. The molecule has 10 nitrogen and oxygen atoms in total. The number of benzene rings is 1. The van der Waals surface area contributed by atoms with Crippen molar-refractivity contribution in [2.75, 3.05) is 37.3 Å². The van der Waals surface area contributed by atoms with Crippen LogP contribution in [0.3, 0.4) is 0 Å². The van der Waals surface area contributed by atoms with Gasteiger partial charge in [-0.1, -0.05) is 6.08 Å². The summed E-state index contributed by atoms with van der Waals surface area (Å²) in [5, 5.41) is 10.7. The molecule has 3 aromatic heterocycles. The van der Waals surface area contributed by atoms with Crippen molar-refractivity contribution in [3.63, 3.8) is 0 Å². The Morgan fingerprint density at radius 3 is 2.81 bits per heavy atom. The van der Waals surface area contributed by atoms with Crippen LogP contribution >= 0.6 is 0 Å². The molecule has 6 rings (SSSR count). The third kappa shape index (κ3) is 4.12. The van der Waals surface area contributed by atoms with Gasteiger partial charge in [0.1, 0.15) is 6.07 Å². The van der Waals surface area contributed by atoms with E-state index in [1.54, 1.807) is 21.4 Å². The standard InChI is InChI=1S/C26H27N7O3S/c1-37(35,36)32-10-6-18(7-11-32)22-15-21-23(5-4-19(16-27)24(21)29-22)31-9-2-3-20(17-31)33-14-13-30-12-8-28-25(30)26(33)34/h4-6,8,12-15,20,29H,2-3,7,9-11,17H2,1H3. The summed E-state index contributed by atoms with van der Waals surface area (Å²) in [7, 11) is -3.23. The van der Waals surface area contributed by atoms with Crippen LogP contribution in [0.15, 0.2) is 53.9 Å². The third-order valence-corrected chi connectivity index (χ3v) is 8.76. The van der Waals surface area contributed by atoms with E-state index in [2.05, 4.69) is 27.0 Å². The van der Waals surface area contributed by atoms with Crippen LogP contribution in [0.2, 0.25) is 0 Å². The van der Waals surface area contributed by atoms with Gasteiger partial charge in [-0.2, -0.15) is 9.57 Å². The van der Waals surface area contributed by atoms with Crippen LogP contribution in [0.5, 0.6) is 0 Å². The number of nitrogens with one attached hydrogen (secondary N) is 1. The molecule has 1 atom stereocenters. The van der Waals surface area contributed by atoms with Crippen LogP contribution in [0.1, 0.15) is 36.6 Å². The number of H-pyrrole nitrogens is 1. The Bertz CT molecular complexity index is 1760. The maximum absolute atomic E-state index is 13.1. The lowest BCUT2D eigenvalue weighted by molar-refractivity contribution is 0.397. The molecule has 0 amide bonds. The lowest BCUT2D eigenvalue weighted by Gasteiger charge is -2.35. The van der Waals surface area contributed by atoms with Crippen LogP contribution in [-0.2, 0) is 10.0 Å². The molecule has 1 saturated heterocycles. The van der Waals surface area contributed by atoms with Crippen molar-refractivity contribution >= 4 is 37.8 Å². The summed E-state index contributed by atoms with van der Waals surface area (Å²) in [5.74, 6) is 0. The second-order valence-electron chi connectivity index (χ2n) is 9.73. The maximum Gasteiger partial charge on any atom is 0.294 e. The van der Waals surface area contributed by atoms with Crippen molar-refractivity contribution in [3.05, 3.63) is 70.7 Å². The Morgan fingerprint density at radius 1 is 1.19 bits per heavy atom. The molecule has 0 bridgehead atoms. The van der Waals surface area contributed by atoms with E-state index in [1.165, 1.54) is 10.6 Å². The van der Waals surface area contributed by atoms with Gasteiger partial charge in [0.2, 0.25) is 15.7 Å². The van der Waals surface area contributed by atoms with E-state index in [9.17, 15) is 18.5 Å². The smallest absolute Gasteiger partial charge is 0.294 e. The largest absolute Gasteiger partial charge is 0.369 e. The SMILES string of the molecule is CS(=O)(=O)N1CC=C(c2cc3c(N4CCCC(n5ccn6ccnc6c5=O)C4)ccc(C#N)c3[nH]2)CC1. The number of hydrogen-bond donors (Lipinski definition) is 1. The first-order valence-electron chi connectivity index (χ1n) is 12.3. The van der Waals surface area contributed by atoms with Gasteiger partial charge in [-0.3, -0.25) is 4.79 Å². The van der Waals surface area contributed by atoms with E-state index in [-0.39, 0.29) is 11.6 Å². The molecule has 11 heteroatoms. The molecule has 0 aliphatic carbocycles. The Hall–Kier alpha value is -3.88. The van der Waals surface area contributed by atoms with Crippen LogP contribution in [0.25, 0.3) is 22.1 Å². The number of hydrogen-bond acceptors (Lipinski definition) is 6. The lowest BCUT2D eigenvalue weighted by atomic mass is 10.0. The fraction of sp³-hybridized carbons (Fsp3) is 0.346. The van der Waals surface area contributed by atoms with Gasteiger partial charge in [-0.05, 0) is 43.0 Å².